The molecule has 1 atom stereocenters. The molecule has 0 spiro atoms. The van der Waals surface area contributed by atoms with Gasteiger partial charge in [-0.15, -0.1) is 24.0 Å². The van der Waals surface area contributed by atoms with Gasteiger partial charge in [-0.25, -0.2) is 0 Å². The lowest BCUT2D eigenvalue weighted by molar-refractivity contribution is -0.129. The maximum absolute atomic E-state index is 11.8. The van der Waals surface area contributed by atoms with Crippen molar-refractivity contribution in [2.75, 3.05) is 47.4 Å². The first-order chi connectivity index (χ1) is 13.5. The fourth-order valence-corrected chi connectivity index (χ4v) is 3.18. The van der Waals surface area contributed by atoms with Crippen LogP contribution in [0.4, 0.5) is 0 Å². The summed E-state index contributed by atoms with van der Waals surface area (Å²) in [4.78, 5) is 20.2. The quantitative estimate of drug-likeness (QED) is 0.228. The SMILES string of the molecule is CCC(=O)N1CCC(NC(=NC)NCc2ccc(OCCCN(C)C)cc2)C1.I. The highest BCUT2D eigenvalue weighted by Crippen LogP contribution is 2.13. The van der Waals surface area contributed by atoms with E-state index in [1.165, 1.54) is 0 Å². The Bertz CT molecular complexity index is 636. The van der Waals surface area contributed by atoms with Crippen LogP contribution in [0.15, 0.2) is 29.3 Å². The van der Waals surface area contributed by atoms with Gasteiger partial charge in [0.15, 0.2) is 5.96 Å². The maximum Gasteiger partial charge on any atom is 0.222 e. The van der Waals surface area contributed by atoms with Crippen molar-refractivity contribution in [3.8, 4) is 5.75 Å². The van der Waals surface area contributed by atoms with Gasteiger partial charge in [-0.3, -0.25) is 9.79 Å². The molecule has 1 fully saturated rings. The molecule has 1 heterocycles. The van der Waals surface area contributed by atoms with Crippen molar-refractivity contribution in [2.24, 2.45) is 4.99 Å². The maximum atomic E-state index is 11.8. The van der Waals surface area contributed by atoms with E-state index in [0.29, 0.717) is 13.0 Å². The van der Waals surface area contributed by atoms with E-state index in [1.54, 1.807) is 7.05 Å². The van der Waals surface area contributed by atoms with Crippen molar-refractivity contribution in [2.45, 2.75) is 38.8 Å². The summed E-state index contributed by atoms with van der Waals surface area (Å²) >= 11 is 0. The second-order valence-electron chi connectivity index (χ2n) is 7.40. The van der Waals surface area contributed by atoms with Crippen LogP contribution in [0.5, 0.6) is 5.75 Å². The number of likely N-dealkylation sites (tertiary alicyclic amines) is 1. The molecule has 8 heteroatoms. The topological polar surface area (TPSA) is 69.2 Å². The highest BCUT2D eigenvalue weighted by atomic mass is 127. The summed E-state index contributed by atoms with van der Waals surface area (Å²) in [5.41, 5.74) is 1.16. The van der Waals surface area contributed by atoms with E-state index in [0.717, 1.165) is 56.4 Å². The van der Waals surface area contributed by atoms with Gasteiger partial charge in [0.25, 0.3) is 0 Å². The predicted octanol–water partition coefficient (Wildman–Crippen LogP) is 2.31. The molecule has 2 N–H and O–H groups in total. The molecule has 1 aromatic rings. The zero-order chi connectivity index (χ0) is 20.4. The molecule has 1 aromatic carbocycles. The summed E-state index contributed by atoms with van der Waals surface area (Å²) < 4.78 is 5.77. The summed E-state index contributed by atoms with van der Waals surface area (Å²) in [6.45, 7) is 5.91. The Kier molecular flexibility index (Phi) is 12.0. The molecule has 0 saturated carbocycles. The van der Waals surface area contributed by atoms with E-state index in [9.17, 15) is 4.79 Å². The predicted molar refractivity (Wildman–Crippen MR) is 129 cm³/mol. The average molecular weight is 517 g/mol. The summed E-state index contributed by atoms with van der Waals surface area (Å²) in [6, 6.07) is 8.40. The number of hydrogen-bond acceptors (Lipinski definition) is 4. The van der Waals surface area contributed by atoms with Gasteiger partial charge in [0, 0.05) is 45.7 Å². The fraction of sp³-hybridized carbons (Fsp3) is 0.619. The number of halogens is 1. The minimum Gasteiger partial charge on any atom is -0.494 e. The monoisotopic (exact) mass is 517 g/mol. The van der Waals surface area contributed by atoms with Crippen LogP contribution >= 0.6 is 24.0 Å². The number of hydrogen-bond donors (Lipinski definition) is 2. The van der Waals surface area contributed by atoms with Crippen LogP contribution in [0.1, 0.15) is 31.7 Å². The van der Waals surface area contributed by atoms with Gasteiger partial charge in [0.2, 0.25) is 5.91 Å². The van der Waals surface area contributed by atoms with Crippen molar-refractivity contribution < 1.29 is 9.53 Å². The van der Waals surface area contributed by atoms with Crippen LogP contribution in [0.3, 0.4) is 0 Å². The molecule has 1 aliphatic heterocycles. The van der Waals surface area contributed by atoms with Gasteiger partial charge in [0.1, 0.15) is 5.75 Å². The standard InChI is InChI=1S/C21H35N5O2.HI/c1-5-20(27)26-13-11-18(16-26)24-21(22-2)23-15-17-7-9-19(10-8-17)28-14-6-12-25(3)4;/h7-10,18H,5-6,11-16H2,1-4H3,(H2,22,23,24);1H. The van der Waals surface area contributed by atoms with Crippen LogP contribution in [0.2, 0.25) is 0 Å². The molecule has 2 rings (SSSR count). The molecule has 1 amide bonds. The lowest BCUT2D eigenvalue weighted by Gasteiger charge is -2.19. The van der Waals surface area contributed by atoms with Gasteiger partial charge < -0.3 is 25.2 Å². The van der Waals surface area contributed by atoms with Gasteiger partial charge in [-0.1, -0.05) is 19.1 Å². The Balaban J connectivity index is 0.00000420. The average Bonchev–Trinajstić information content (AvgIpc) is 3.17. The van der Waals surface area contributed by atoms with Crippen molar-refractivity contribution in [1.29, 1.82) is 0 Å². The highest BCUT2D eigenvalue weighted by molar-refractivity contribution is 14.0. The molecule has 0 radical (unpaired) electrons. The smallest absolute Gasteiger partial charge is 0.222 e. The van der Waals surface area contributed by atoms with E-state index in [-0.39, 0.29) is 35.9 Å². The van der Waals surface area contributed by atoms with Gasteiger partial charge in [0.05, 0.1) is 6.61 Å². The van der Waals surface area contributed by atoms with Crippen LogP contribution in [-0.2, 0) is 11.3 Å². The van der Waals surface area contributed by atoms with Crippen molar-refractivity contribution >= 4 is 35.8 Å². The molecular formula is C21H36IN5O2. The van der Waals surface area contributed by atoms with Crippen LogP contribution in [0.25, 0.3) is 0 Å². The third-order valence-electron chi connectivity index (χ3n) is 4.81. The molecule has 0 aromatic heterocycles. The number of rotatable bonds is 9. The Hall–Kier alpha value is -1.55. The normalized spacial score (nSPS) is 16.5. The summed E-state index contributed by atoms with van der Waals surface area (Å²) in [5, 5.41) is 6.76. The molecule has 1 saturated heterocycles. The van der Waals surface area contributed by atoms with E-state index < -0.39 is 0 Å². The minimum absolute atomic E-state index is 0. The van der Waals surface area contributed by atoms with Crippen molar-refractivity contribution in [1.82, 2.24) is 20.4 Å². The van der Waals surface area contributed by atoms with E-state index in [1.807, 2.05) is 24.0 Å². The van der Waals surface area contributed by atoms with Gasteiger partial charge in [-0.05, 0) is 44.6 Å². The van der Waals surface area contributed by atoms with Crippen LogP contribution in [0, 0.1) is 0 Å². The number of nitrogens with one attached hydrogen (secondary N) is 2. The molecular weight excluding hydrogens is 481 g/mol. The van der Waals surface area contributed by atoms with E-state index >= 15 is 0 Å². The molecule has 7 nitrogen and oxygen atoms in total. The van der Waals surface area contributed by atoms with Crippen LogP contribution in [-0.4, -0.2) is 75.1 Å². The molecule has 1 aliphatic rings. The number of carbonyl (C=O) groups excluding carboxylic acids is 1. The lowest BCUT2D eigenvalue weighted by atomic mass is 10.2. The lowest BCUT2D eigenvalue weighted by Crippen LogP contribution is -2.44. The third kappa shape index (κ3) is 9.20. The van der Waals surface area contributed by atoms with Gasteiger partial charge in [-0.2, -0.15) is 0 Å². The molecule has 1 unspecified atom stereocenters. The second-order valence-corrected chi connectivity index (χ2v) is 7.40. The first-order valence-electron chi connectivity index (χ1n) is 10.1. The second kappa shape index (κ2) is 13.6. The fourth-order valence-electron chi connectivity index (χ4n) is 3.18. The largest absolute Gasteiger partial charge is 0.494 e. The highest BCUT2D eigenvalue weighted by Gasteiger charge is 2.25. The minimum atomic E-state index is 0. The number of benzene rings is 1. The molecule has 0 bridgehead atoms. The molecule has 29 heavy (non-hydrogen) atoms. The number of ether oxygens (including phenoxy) is 1. The molecule has 164 valence electrons. The van der Waals surface area contributed by atoms with Crippen molar-refractivity contribution in [3.63, 3.8) is 0 Å². The van der Waals surface area contributed by atoms with E-state index in [2.05, 4.69) is 46.8 Å². The number of carbonyl (C=O) groups is 1. The summed E-state index contributed by atoms with van der Waals surface area (Å²) in [5.74, 6) is 1.88. The first kappa shape index (κ1) is 25.5. The zero-order valence-electron chi connectivity index (χ0n) is 18.1. The Morgan fingerprint density at radius 1 is 1.31 bits per heavy atom. The Morgan fingerprint density at radius 2 is 2.03 bits per heavy atom. The Labute approximate surface area is 192 Å². The van der Waals surface area contributed by atoms with Gasteiger partial charge >= 0.3 is 0 Å². The number of nitrogens with zero attached hydrogens (tertiary/aromatic N) is 3. The number of aliphatic imine (C=N–C) groups is 1. The molecule has 0 aliphatic carbocycles. The van der Waals surface area contributed by atoms with E-state index in [4.69, 9.17) is 4.74 Å². The third-order valence-corrected chi connectivity index (χ3v) is 4.81. The summed E-state index contributed by atoms with van der Waals surface area (Å²) in [7, 11) is 5.90. The van der Waals surface area contributed by atoms with Crippen molar-refractivity contribution in [3.05, 3.63) is 29.8 Å². The zero-order valence-corrected chi connectivity index (χ0v) is 20.4. The Morgan fingerprint density at radius 3 is 2.66 bits per heavy atom. The summed E-state index contributed by atoms with van der Waals surface area (Å²) in [6.07, 6.45) is 2.53. The first-order valence-corrected chi connectivity index (χ1v) is 10.1. The number of guanidine groups is 1. The van der Waals surface area contributed by atoms with Crippen LogP contribution < -0.4 is 15.4 Å². The number of amides is 1.